The summed E-state index contributed by atoms with van der Waals surface area (Å²) in [5.41, 5.74) is 27.9. The number of aliphatic hydroxyl groups is 6. The summed E-state index contributed by atoms with van der Waals surface area (Å²) in [4.78, 5) is 0. The monoisotopic (exact) mass is 553 g/mol. The van der Waals surface area contributed by atoms with Crippen molar-refractivity contribution in [2.45, 2.75) is 44.4 Å². The first kappa shape index (κ1) is 31.3. The van der Waals surface area contributed by atoms with Gasteiger partial charge in [-0.1, -0.05) is 18.2 Å². The van der Waals surface area contributed by atoms with Gasteiger partial charge in [0, 0.05) is 62.6 Å². The zero-order valence-electron chi connectivity index (χ0n) is 22.9. The van der Waals surface area contributed by atoms with Crippen molar-refractivity contribution < 1.29 is 30.6 Å². The number of rotatable bonds is 15. The van der Waals surface area contributed by atoms with Crippen LogP contribution in [0.3, 0.4) is 0 Å². The quantitative estimate of drug-likeness (QED) is 0.0965. The third kappa shape index (κ3) is 6.58. The van der Waals surface area contributed by atoms with E-state index in [0.29, 0.717) is 55.6 Å². The van der Waals surface area contributed by atoms with E-state index in [2.05, 4.69) is 0 Å². The highest BCUT2D eigenvalue weighted by Crippen LogP contribution is 2.43. The lowest BCUT2D eigenvalue weighted by Crippen LogP contribution is -2.19. The fraction of sp³-hybridized carbons (Fsp3) is 0.419. The van der Waals surface area contributed by atoms with Crippen LogP contribution < -0.4 is 17.2 Å². The van der Waals surface area contributed by atoms with Crippen LogP contribution in [0.2, 0.25) is 0 Å². The standard InChI is InChI=1S/C31H43N3O6/c32-28-4-1-25(19(7-13-35)22(28)10-16-38)31(26-2-5-29(33)23(11-17-39)20(26)8-14-36)27-3-6-30(34)24(12-18-40)21(27)9-15-37/h1-6,31,35-40H,7-18,32-34H2. The number of nitrogens with two attached hydrogens (primary N) is 3. The molecule has 3 aromatic carbocycles. The van der Waals surface area contributed by atoms with Crippen LogP contribution in [0.25, 0.3) is 0 Å². The van der Waals surface area contributed by atoms with Gasteiger partial charge in [-0.2, -0.15) is 0 Å². The van der Waals surface area contributed by atoms with E-state index in [9.17, 15) is 30.6 Å². The second-order valence-corrected chi connectivity index (χ2v) is 9.88. The Labute approximate surface area is 235 Å². The molecule has 0 aliphatic heterocycles. The van der Waals surface area contributed by atoms with Crippen molar-refractivity contribution in [2.24, 2.45) is 0 Å². The Morgan fingerprint density at radius 2 is 0.600 bits per heavy atom. The number of hydrogen-bond donors (Lipinski definition) is 9. The first-order valence-corrected chi connectivity index (χ1v) is 13.7. The lowest BCUT2D eigenvalue weighted by Gasteiger charge is -2.30. The van der Waals surface area contributed by atoms with E-state index in [0.717, 1.165) is 50.1 Å². The van der Waals surface area contributed by atoms with Gasteiger partial charge in [0.2, 0.25) is 0 Å². The van der Waals surface area contributed by atoms with Gasteiger partial charge >= 0.3 is 0 Å². The predicted molar refractivity (Wildman–Crippen MR) is 158 cm³/mol. The molecule has 0 bridgehead atoms. The van der Waals surface area contributed by atoms with Gasteiger partial charge in [0.25, 0.3) is 0 Å². The number of nitrogen functional groups attached to an aromatic ring is 3. The van der Waals surface area contributed by atoms with Crippen molar-refractivity contribution >= 4 is 17.1 Å². The molecule has 0 atom stereocenters. The molecule has 0 fully saturated rings. The topological polar surface area (TPSA) is 199 Å². The van der Waals surface area contributed by atoms with Crippen molar-refractivity contribution in [2.75, 3.05) is 56.8 Å². The molecule has 0 saturated carbocycles. The van der Waals surface area contributed by atoms with Gasteiger partial charge in [0.05, 0.1) is 0 Å². The molecule has 0 heterocycles. The Morgan fingerprint density at radius 3 is 0.825 bits per heavy atom. The fourth-order valence-electron chi connectivity index (χ4n) is 5.94. The molecular formula is C31H43N3O6. The van der Waals surface area contributed by atoms with Crippen LogP contribution in [0.1, 0.15) is 56.0 Å². The molecule has 218 valence electrons. The summed E-state index contributed by atoms with van der Waals surface area (Å²) in [7, 11) is 0. The summed E-state index contributed by atoms with van der Waals surface area (Å²) in [5.74, 6) is -0.459. The van der Waals surface area contributed by atoms with E-state index < -0.39 is 5.92 Å². The molecule has 0 aromatic heterocycles. The van der Waals surface area contributed by atoms with E-state index in [1.807, 2.05) is 18.2 Å². The maximum Gasteiger partial charge on any atom is 0.0472 e. The van der Waals surface area contributed by atoms with E-state index in [4.69, 9.17) is 17.2 Å². The van der Waals surface area contributed by atoms with Crippen LogP contribution in [-0.4, -0.2) is 70.3 Å². The van der Waals surface area contributed by atoms with Crippen molar-refractivity contribution in [1.29, 1.82) is 0 Å². The highest BCUT2D eigenvalue weighted by atomic mass is 16.3. The molecular weight excluding hydrogens is 510 g/mol. The van der Waals surface area contributed by atoms with Gasteiger partial charge in [0.1, 0.15) is 0 Å². The lowest BCUT2D eigenvalue weighted by atomic mass is 9.74. The van der Waals surface area contributed by atoms with Crippen LogP contribution in [0.5, 0.6) is 0 Å². The summed E-state index contributed by atoms with van der Waals surface area (Å²) in [5, 5.41) is 59.7. The minimum absolute atomic E-state index is 0.118. The average molecular weight is 554 g/mol. The molecule has 40 heavy (non-hydrogen) atoms. The van der Waals surface area contributed by atoms with E-state index in [1.54, 1.807) is 18.2 Å². The van der Waals surface area contributed by atoms with Crippen LogP contribution in [-0.2, 0) is 38.5 Å². The molecule has 0 radical (unpaired) electrons. The van der Waals surface area contributed by atoms with Crippen molar-refractivity contribution in [3.63, 3.8) is 0 Å². The molecule has 9 nitrogen and oxygen atoms in total. The van der Waals surface area contributed by atoms with Crippen LogP contribution >= 0.6 is 0 Å². The SMILES string of the molecule is Nc1ccc(C(c2ccc(N)c(CCO)c2CCO)c2ccc(N)c(CCO)c2CCO)c(CCO)c1CCO. The molecule has 0 spiro atoms. The summed E-state index contributed by atoms with van der Waals surface area (Å²) in [6.07, 6.45) is 1.83. The molecule has 3 aromatic rings. The third-order valence-corrected chi connectivity index (χ3v) is 7.61. The largest absolute Gasteiger partial charge is 0.398 e. The highest BCUT2D eigenvalue weighted by Gasteiger charge is 2.29. The van der Waals surface area contributed by atoms with Crippen molar-refractivity contribution in [3.8, 4) is 0 Å². The van der Waals surface area contributed by atoms with Gasteiger partial charge in [-0.25, -0.2) is 0 Å². The first-order chi connectivity index (χ1) is 19.4. The second kappa shape index (κ2) is 15.0. The Kier molecular flexibility index (Phi) is 11.8. The molecule has 9 heteroatoms. The normalized spacial score (nSPS) is 11.5. The minimum atomic E-state index is -0.459. The first-order valence-electron chi connectivity index (χ1n) is 13.7. The zero-order valence-corrected chi connectivity index (χ0v) is 22.9. The Bertz CT molecular complexity index is 1120. The zero-order chi connectivity index (χ0) is 29.2. The van der Waals surface area contributed by atoms with Crippen LogP contribution in [0, 0.1) is 0 Å². The fourth-order valence-corrected chi connectivity index (χ4v) is 5.94. The number of anilines is 3. The van der Waals surface area contributed by atoms with E-state index in [1.165, 1.54) is 0 Å². The minimum Gasteiger partial charge on any atom is -0.398 e. The van der Waals surface area contributed by atoms with Gasteiger partial charge < -0.3 is 47.8 Å². The molecule has 0 unspecified atom stereocenters. The Hall–Kier alpha value is -3.18. The molecule has 0 amide bonds. The van der Waals surface area contributed by atoms with Gasteiger partial charge in [-0.05, 0) is 107 Å². The number of benzene rings is 3. The van der Waals surface area contributed by atoms with Gasteiger partial charge in [-0.3, -0.25) is 0 Å². The molecule has 0 saturated heterocycles. The van der Waals surface area contributed by atoms with Crippen molar-refractivity contribution in [1.82, 2.24) is 0 Å². The predicted octanol–water partition coefficient (Wildman–Crippen LogP) is 0.822. The van der Waals surface area contributed by atoms with Crippen LogP contribution in [0.4, 0.5) is 17.1 Å². The molecule has 3 rings (SSSR count). The highest BCUT2D eigenvalue weighted by molar-refractivity contribution is 5.65. The van der Waals surface area contributed by atoms with E-state index >= 15 is 0 Å². The van der Waals surface area contributed by atoms with Crippen LogP contribution in [0.15, 0.2) is 36.4 Å². The summed E-state index contributed by atoms with van der Waals surface area (Å²) >= 11 is 0. The average Bonchev–Trinajstić information content (AvgIpc) is 2.93. The number of hydrogen-bond acceptors (Lipinski definition) is 9. The summed E-state index contributed by atoms with van der Waals surface area (Å²) in [6.45, 7) is -0.759. The summed E-state index contributed by atoms with van der Waals surface area (Å²) < 4.78 is 0. The van der Waals surface area contributed by atoms with Crippen molar-refractivity contribution in [3.05, 3.63) is 86.5 Å². The second-order valence-electron chi connectivity index (χ2n) is 9.88. The molecule has 0 aliphatic carbocycles. The summed E-state index contributed by atoms with van der Waals surface area (Å²) in [6, 6.07) is 11.1. The Balaban J connectivity index is 2.53. The maximum atomic E-state index is 10.1. The molecule has 12 N–H and O–H groups in total. The smallest absolute Gasteiger partial charge is 0.0472 e. The third-order valence-electron chi connectivity index (χ3n) is 7.61. The lowest BCUT2D eigenvalue weighted by molar-refractivity contribution is 0.292. The van der Waals surface area contributed by atoms with Gasteiger partial charge in [0.15, 0.2) is 0 Å². The van der Waals surface area contributed by atoms with Gasteiger partial charge in [-0.15, -0.1) is 0 Å². The van der Waals surface area contributed by atoms with E-state index in [-0.39, 0.29) is 39.6 Å². The molecule has 0 aliphatic rings. The Morgan fingerprint density at radius 1 is 0.375 bits per heavy atom. The maximum absolute atomic E-state index is 10.1. The number of aliphatic hydroxyl groups excluding tert-OH is 6.